The van der Waals surface area contributed by atoms with E-state index in [-0.39, 0.29) is 11.8 Å². The van der Waals surface area contributed by atoms with Gasteiger partial charge in [-0.25, -0.2) is 0 Å². The third-order valence-corrected chi connectivity index (χ3v) is 4.64. The van der Waals surface area contributed by atoms with Gasteiger partial charge in [0.05, 0.1) is 13.2 Å². The van der Waals surface area contributed by atoms with Crippen molar-refractivity contribution in [2.24, 2.45) is 0 Å². The van der Waals surface area contributed by atoms with E-state index in [0.29, 0.717) is 52.4 Å². The zero-order valence-electron chi connectivity index (χ0n) is 14.1. The molecular weight excluding hydrogens is 310 g/mol. The van der Waals surface area contributed by atoms with Crippen LogP contribution in [0.4, 0.5) is 0 Å². The van der Waals surface area contributed by atoms with Gasteiger partial charge in [-0.15, -0.1) is 0 Å². The fraction of sp³-hybridized carbons (Fsp3) is 0.688. The van der Waals surface area contributed by atoms with Crippen LogP contribution < -0.4 is 5.32 Å². The molecular formula is C16H25N5O3. The Bertz CT molecular complexity index is 582. The van der Waals surface area contributed by atoms with Gasteiger partial charge in [-0.1, -0.05) is 0 Å². The number of ether oxygens (including phenoxy) is 1. The summed E-state index contributed by atoms with van der Waals surface area (Å²) in [4.78, 5) is 29.0. The van der Waals surface area contributed by atoms with Gasteiger partial charge in [0.15, 0.2) is 0 Å². The molecule has 132 valence electrons. The summed E-state index contributed by atoms with van der Waals surface area (Å²) in [5.74, 6) is 0.0344. The molecule has 2 amide bonds. The summed E-state index contributed by atoms with van der Waals surface area (Å²) >= 11 is 0. The zero-order valence-corrected chi connectivity index (χ0v) is 14.1. The highest BCUT2D eigenvalue weighted by atomic mass is 16.5. The molecule has 8 heteroatoms. The maximum atomic E-state index is 12.8. The lowest BCUT2D eigenvalue weighted by atomic mass is 10.1. The molecule has 1 N–H and O–H groups in total. The third kappa shape index (κ3) is 3.76. The van der Waals surface area contributed by atoms with Crippen molar-refractivity contribution in [3.63, 3.8) is 0 Å². The quantitative estimate of drug-likeness (QED) is 0.782. The fourth-order valence-electron chi connectivity index (χ4n) is 3.20. The van der Waals surface area contributed by atoms with E-state index in [1.54, 1.807) is 16.0 Å². The summed E-state index contributed by atoms with van der Waals surface area (Å²) in [5, 5.41) is 7.43. The SMILES string of the molecule is Cc1ccnn1CCC(=O)N1CCNCC1C(=O)N1CCOCC1. The molecule has 3 heterocycles. The van der Waals surface area contributed by atoms with Gasteiger partial charge < -0.3 is 19.9 Å². The smallest absolute Gasteiger partial charge is 0.246 e. The fourth-order valence-corrected chi connectivity index (χ4v) is 3.20. The average Bonchev–Trinajstić information content (AvgIpc) is 3.05. The van der Waals surface area contributed by atoms with Crippen molar-refractivity contribution in [2.45, 2.75) is 25.9 Å². The first kappa shape index (κ1) is 16.9. The lowest BCUT2D eigenvalue weighted by molar-refractivity contribution is -0.149. The number of aromatic nitrogens is 2. The van der Waals surface area contributed by atoms with Gasteiger partial charge >= 0.3 is 0 Å². The van der Waals surface area contributed by atoms with Crippen molar-refractivity contribution in [3.8, 4) is 0 Å². The number of hydrogen-bond acceptors (Lipinski definition) is 5. The summed E-state index contributed by atoms with van der Waals surface area (Å²) < 4.78 is 7.12. The van der Waals surface area contributed by atoms with Crippen LogP contribution in [0.3, 0.4) is 0 Å². The van der Waals surface area contributed by atoms with E-state index >= 15 is 0 Å². The number of nitrogens with one attached hydrogen (secondary N) is 1. The Morgan fingerprint density at radius 3 is 2.83 bits per heavy atom. The summed E-state index contributed by atoms with van der Waals surface area (Å²) in [6.07, 6.45) is 2.09. The van der Waals surface area contributed by atoms with Gasteiger partial charge in [0.2, 0.25) is 11.8 Å². The predicted octanol–water partition coefficient (Wildman–Crippen LogP) is -0.759. The van der Waals surface area contributed by atoms with Crippen LogP contribution in [0.1, 0.15) is 12.1 Å². The Morgan fingerprint density at radius 2 is 2.12 bits per heavy atom. The first-order chi connectivity index (χ1) is 11.7. The van der Waals surface area contributed by atoms with Crippen LogP contribution in [-0.4, -0.2) is 83.4 Å². The number of morpholine rings is 1. The average molecular weight is 335 g/mol. The molecule has 3 rings (SSSR count). The second kappa shape index (κ2) is 7.76. The van der Waals surface area contributed by atoms with Gasteiger partial charge in [0, 0.05) is 57.6 Å². The molecule has 2 aliphatic rings. The molecule has 0 spiro atoms. The highest BCUT2D eigenvalue weighted by Crippen LogP contribution is 2.12. The van der Waals surface area contributed by atoms with Crippen LogP contribution in [0, 0.1) is 6.92 Å². The molecule has 2 saturated heterocycles. The van der Waals surface area contributed by atoms with E-state index in [9.17, 15) is 9.59 Å². The highest BCUT2D eigenvalue weighted by Gasteiger charge is 2.35. The lowest BCUT2D eigenvalue weighted by Crippen LogP contribution is -2.61. The number of nitrogens with zero attached hydrogens (tertiary/aromatic N) is 4. The van der Waals surface area contributed by atoms with Gasteiger partial charge in [-0.2, -0.15) is 5.10 Å². The second-order valence-corrected chi connectivity index (χ2v) is 6.19. The van der Waals surface area contributed by atoms with Crippen molar-refractivity contribution < 1.29 is 14.3 Å². The first-order valence-electron chi connectivity index (χ1n) is 8.52. The van der Waals surface area contributed by atoms with E-state index < -0.39 is 6.04 Å². The topological polar surface area (TPSA) is 79.7 Å². The standard InChI is InChI=1S/C16H25N5O3/c1-13-2-4-18-21(13)6-3-15(22)20-7-5-17-12-14(20)16(23)19-8-10-24-11-9-19/h2,4,14,17H,3,5-12H2,1H3. The van der Waals surface area contributed by atoms with E-state index in [1.165, 1.54) is 0 Å². The largest absolute Gasteiger partial charge is 0.378 e. The molecule has 0 aliphatic carbocycles. The van der Waals surface area contributed by atoms with E-state index in [0.717, 1.165) is 12.2 Å². The minimum atomic E-state index is -0.414. The summed E-state index contributed by atoms with van der Waals surface area (Å²) in [6, 6.07) is 1.50. The molecule has 24 heavy (non-hydrogen) atoms. The van der Waals surface area contributed by atoms with Crippen LogP contribution in [-0.2, 0) is 20.9 Å². The van der Waals surface area contributed by atoms with Crippen LogP contribution >= 0.6 is 0 Å². The Morgan fingerprint density at radius 1 is 1.33 bits per heavy atom. The van der Waals surface area contributed by atoms with E-state index in [2.05, 4.69) is 10.4 Å². The van der Waals surface area contributed by atoms with Crippen LogP contribution in [0.15, 0.2) is 12.3 Å². The monoisotopic (exact) mass is 335 g/mol. The van der Waals surface area contributed by atoms with Gasteiger partial charge in [-0.3, -0.25) is 14.3 Å². The number of carbonyl (C=O) groups excluding carboxylic acids is 2. The van der Waals surface area contributed by atoms with Crippen molar-refractivity contribution in [2.75, 3.05) is 45.9 Å². The van der Waals surface area contributed by atoms with Gasteiger partial charge in [0.1, 0.15) is 6.04 Å². The van der Waals surface area contributed by atoms with Crippen molar-refractivity contribution >= 4 is 11.8 Å². The number of piperazine rings is 1. The maximum absolute atomic E-state index is 12.8. The van der Waals surface area contributed by atoms with E-state index in [4.69, 9.17) is 4.74 Å². The second-order valence-electron chi connectivity index (χ2n) is 6.19. The molecule has 0 saturated carbocycles. The number of aryl methyl sites for hydroxylation is 2. The van der Waals surface area contributed by atoms with Crippen molar-refractivity contribution in [1.82, 2.24) is 24.9 Å². The minimum absolute atomic E-state index is 0.0120. The first-order valence-corrected chi connectivity index (χ1v) is 8.52. The molecule has 0 radical (unpaired) electrons. The molecule has 1 aromatic rings. The van der Waals surface area contributed by atoms with Crippen LogP contribution in [0.5, 0.6) is 0 Å². The molecule has 2 fully saturated rings. The molecule has 0 bridgehead atoms. The minimum Gasteiger partial charge on any atom is -0.378 e. The number of amides is 2. The predicted molar refractivity (Wildman–Crippen MR) is 87.4 cm³/mol. The number of rotatable bonds is 4. The summed E-state index contributed by atoms with van der Waals surface area (Å²) in [7, 11) is 0. The van der Waals surface area contributed by atoms with Crippen LogP contribution in [0.25, 0.3) is 0 Å². The van der Waals surface area contributed by atoms with Crippen molar-refractivity contribution in [3.05, 3.63) is 18.0 Å². The normalized spacial score (nSPS) is 21.8. The number of carbonyl (C=O) groups is 2. The molecule has 0 aromatic carbocycles. The van der Waals surface area contributed by atoms with Crippen molar-refractivity contribution in [1.29, 1.82) is 0 Å². The molecule has 2 aliphatic heterocycles. The Kier molecular flexibility index (Phi) is 5.47. The number of hydrogen-bond donors (Lipinski definition) is 1. The highest BCUT2D eigenvalue weighted by molar-refractivity contribution is 5.88. The summed E-state index contributed by atoms with van der Waals surface area (Å²) in [5.41, 5.74) is 1.03. The molecule has 1 aromatic heterocycles. The van der Waals surface area contributed by atoms with E-state index in [1.807, 2.05) is 17.7 Å². The van der Waals surface area contributed by atoms with Crippen LogP contribution in [0.2, 0.25) is 0 Å². The maximum Gasteiger partial charge on any atom is 0.246 e. The van der Waals surface area contributed by atoms with Gasteiger partial charge in [-0.05, 0) is 13.0 Å². The molecule has 1 unspecified atom stereocenters. The third-order valence-electron chi connectivity index (χ3n) is 4.64. The Hall–Kier alpha value is -1.93. The Balaban J connectivity index is 1.61. The molecule has 1 atom stereocenters. The lowest BCUT2D eigenvalue weighted by Gasteiger charge is -2.39. The molecule has 8 nitrogen and oxygen atoms in total. The zero-order chi connectivity index (χ0) is 16.9. The Labute approximate surface area is 141 Å². The van der Waals surface area contributed by atoms with Gasteiger partial charge in [0.25, 0.3) is 0 Å². The summed E-state index contributed by atoms with van der Waals surface area (Å²) in [6.45, 7) is 6.65.